The number of hydrogen-bond acceptors (Lipinski definition) is 5. The number of nitrogens with zero attached hydrogens (tertiary/aromatic N) is 1. The Morgan fingerprint density at radius 2 is 1.90 bits per heavy atom. The number of guanidine groups is 1. The topological polar surface area (TPSA) is 129 Å². The number of carboxylic acids is 1. The van der Waals surface area contributed by atoms with E-state index in [1.54, 1.807) is 35.2 Å². The van der Waals surface area contributed by atoms with E-state index in [4.69, 9.17) is 25.7 Å². The lowest BCUT2D eigenvalue weighted by Crippen LogP contribution is -2.40. The maximum absolute atomic E-state index is 11.8. The standard InChI is InChI=1S/C21H25N3O5/c22-21(23)24-9-8-14-2-7-18(12-16(14)13-24)29-19(20(26)27)15-3-5-17(6-4-15)28-11-1-10-25/h2-7,12,19,25H,1,8-11,13H2,(H3,22,23)(H,26,27). The van der Waals surface area contributed by atoms with Crippen molar-refractivity contribution in [3.63, 3.8) is 0 Å². The van der Waals surface area contributed by atoms with Crippen molar-refractivity contribution in [3.05, 3.63) is 59.2 Å². The maximum Gasteiger partial charge on any atom is 0.349 e. The van der Waals surface area contributed by atoms with Gasteiger partial charge in [-0.3, -0.25) is 5.41 Å². The molecule has 1 atom stereocenters. The first-order valence-corrected chi connectivity index (χ1v) is 9.42. The largest absolute Gasteiger partial charge is 0.494 e. The average Bonchev–Trinajstić information content (AvgIpc) is 2.72. The molecule has 2 aromatic rings. The van der Waals surface area contributed by atoms with Crippen LogP contribution in [0, 0.1) is 5.41 Å². The highest BCUT2D eigenvalue weighted by Crippen LogP contribution is 2.28. The monoisotopic (exact) mass is 399 g/mol. The van der Waals surface area contributed by atoms with Gasteiger partial charge in [0.15, 0.2) is 5.96 Å². The van der Waals surface area contributed by atoms with Gasteiger partial charge >= 0.3 is 5.97 Å². The number of rotatable bonds is 8. The lowest BCUT2D eigenvalue weighted by molar-refractivity contribution is -0.145. The molecule has 29 heavy (non-hydrogen) atoms. The lowest BCUT2D eigenvalue weighted by atomic mass is 9.99. The maximum atomic E-state index is 11.8. The van der Waals surface area contributed by atoms with Crippen molar-refractivity contribution < 1.29 is 24.5 Å². The zero-order valence-corrected chi connectivity index (χ0v) is 16.0. The SMILES string of the molecule is N=C(N)N1CCc2ccc(OC(C(=O)O)c3ccc(OCCCO)cc3)cc2C1. The molecule has 2 aromatic carbocycles. The molecule has 0 bridgehead atoms. The lowest BCUT2D eigenvalue weighted by Gasteiger charge is -2.29. The van der Waals surface area contributed by atoms with Gasteiger partial charge in [-0.2, -0.15) is 0 Å². The van der Waals surface area contributed by atoms with Crippen LogP contribution in [-0.4, -0.2) is 46.8 Å². The Morgan fingerprint density at radius 3 is 2.55 bits per heavy atom. The minimum Gasteiger partial charge on any atom is -0.494 e. The average molecular weight is 399 g/mol. The summed E-state index contributed by atoms with van der Waals surface area (Å²) in [7, 11) is 0. The molecule has 1 aliphatic rings. The molecule has 3 rings (SSSR count). The number of benzene rings is 2. The van der Waals surface area contributed by atoms with Gasteiger partial charge < -0.3 is 30.3 Å². The number of ether oxygens (including phenoxy) is 2. The molecule has 0 fully saturated rings. The predicted molar refractivity (Wildman–Crippen MR) is 107 cm³/mol. The van der Waals surface area contributed by atoms with Crippen LogP contribution in [-0.2, 0) is 17.8 Å². The molecule has 1 heterocycles. The number of aliphatic hydroxyl groups is 1. The summed E-state index contributed by atoms with van der Waals surface area (Å²) in [6.45, 7) is 1.63. The Kier molecular flexibility index (Phi) is 6.56. The molecule has 0 radical (unpaired) electrons. The second-order valence-electron chi connectivity index (χ2n) is 6.82. The number of aliphatic hydroxyl groups excluding tert-OH is 1. The molecule has 0 saturated carbocycles. The molecule has 0 aliphatic carbocycles. The molecular formula is C21H25N3O5. The number of hydrogen-bond donors (Lipinski definition) is 4. The van der Waals surface area contributed by atoms with Crippen LogP contribution in [0.2, 0.25) is 0 Å². The van der Waals surface area contributed by atoms with E-state index in [1.165, 1.54) is 0 Å². The number of fused-ring (bicyclic) bond motifs is 1. The van der Waals surface area contributed by atoms with Crippen LogP contribution >= 0.6 is 0 Å². The van der Waals surface area contributed by atoms with Crippen LogP contribution in [0.1, 0.15) is 29.2 Å². The van der Waals surface area contributed by atoms with Gasteiger partial charge in [0, 0.05) is 31.7 Å². The fraction of sp³-hybridized carbons (Fsp3) is 0.333. The fourth-order valence-corrected chi connectivity index (χ4v) is 3.20. The molecular weight excluding hydrogens is 374 g/mol. The van der Waals surface area contributed by atoms with E-state index in [-0.39, 0.29) is 12.6 Å². The van der Waals surface area contributed by atoms with Crippen molar-refractivity contribution in [3.8, 4) is 11.5 Å². The summed E-state index contributed by atoms with van der Waals surface area (Å²) in [5, 5.41) is 26.1. The second-order valence-corrected chi connectivity index (χ2v) is 6.82. The quantitative estimate of drug-likeness (QED) is 0.303. The fourth-order valence-electron chi connectivity index (χ4n) is 3.20. The number of carbonyl (C=O) groups is 1. The molecule has 8 nitrogen and oxygen atoms in total. The smallest absolute Gasteiger partial charge is 0.349 e. The molecule has 0 spiro atoms. The van der Waals surface area contributed by atoms with E-state index < -0.39 is 12.1 Å². The molecule has 0 amide bonds. The third-order valence-corrected chi connectivity index (χ3v) is 4.76. The van der Waals surface area contributed by atoms with Gasteiger partial charge in [-0.1, -0.05) is 18.2 Å². The number of aliphatic carboxylic acids is 1. The summed E-state index contributed by atoms with van der Waals surface area (Å²) in [5.41, 5.74) is 8.20. The number of nitrogens with one attached hydrogen (secondary N) is 1. The minimum absolute atomic E-state index is 0.0201. The summed E-state index contributed by atoms with van der Waals surface area (Å²) in [6, 6.07) is 12.2. The van der Waals surface area contributed by atoms with Crippen LogP contribution in [0.3, 0.4) is 0 Å². The summed E-state index contributed by atoms with van der Waals surface area (Å²) in [5.74, 6) is -0.0250. The highest BCUT2D eigenvalue weighted by molar-refractivity contribution is 5.75. The van der Waals surface area contributed by atoms with Gasteiger partial charge in [-0.15, -0.1) is 0 Å². The van der Waals surface area contributed by atoms with Gasteiger partial charge in [-0.05, 0) is 41.8 Å². The second kappa shape index (κ2) is 9.29. The molecule has 0 saturated heterocycles. The molecule has 5 N–H and O–H groups in total. The molecule has 8 heteroatoms. The third-order valence-electron chi connectivity index (χ3n) is 4.76. The Bertz CT molecular complexity index is 869. The van der Waals surface area contributed by atoms with Gasteiger partial charge in [0.1, 0.15) is 11.5 Å². The van der Waals surface area contributed by atoms with E-state index in [2.05, 4.69) is 0 Å². The van der Waals surface area contributed by atoms with Gasteiger partial charge in [0.25, 0.3) is 0 Å². The summed E-state index contributed by atoms with van der Waals surface area (Å²) >= 11 is 0. The molecule has 0 aromatic heterocycles. The van der Waals surface area contributed by atoms with Crippen molar-refractivity contribution in [2.45, 2.75) is 25.5 Å². The van der Waals surface area contributed by atoms with Gasteiger partial charge in [0.2, 0.25) is 6.10 Å². The van der Waals surface area contributed by atoms with Crippen molar-refractivity contribution in [2.24, 2.45) is 5.73 Å². The van der Waals surface area contributed by atoms with Crippen LogP contribution in [0.15, 0.2) is 42.5 Å². The first-order valence-electron chi connectivity index (χ1n) is 9.42. The third kappa shape index (κ3) is 5.17. The Labute approximate surface area is 169 Å². The normalized spacial score (nSPS) is 14.0. The number of nitrogens with two attached hydrogens (primary N) is 1. The summed E-state index contributed by atoms with van der Waals surface area (Å²) in [4.78, 5) is 13.6. The first-order chi connectivity index (χ1) is 14.0. The highest BCUT2D eigenvalue weighted by Gasteiger charge is 2.23. The van der Waals surface area contributed by atoms with E-state index >= 15 is 0 Å². The van der Waals surface area contributed by atoms with Crippen LogP contribution < -0.4 is 15.2 Å². The van der Waals surface area contributed by atoms with Crippen molar-refractivity contribution >= 4 is 11.9 Å². The Morgan fingerprint density at radius 1 is 1.17 bits per heavy atom. The molecule has 154 valence electrons. The Balaban J connectivity index is 1.73. The van der Waals surface area contributed by atoms with Gasteiger partial charge in [-0.25, -0.2) is 4.79 Å². The predicted octanol–water partition coefficient (Wildman–Crippen LogP) is 1.90. The van der Waals surface area contributed by atoms with E-state index in [0.29, 0.717) is 43.2 Å². The van der Waals surface area contributed by atoms with Gasteiger partial charge in [0.05, 0.1) is 6.61 Å². The van der Waals surface area contributed by atoms with Crippen molar-refractivity contribution in [1.82, 2.24) is 4.90 Å². The summed E-state index contributed by atoms with van der Waals surface area (Å²) < 4.78 is 11.3. The van der Waals surface area contributed by atoms with Crippen LogP contribution in [0.4, 0.5) is 0 Å². The first kappa shape index (κ1) is 20.5. The molecule has 1 aliphatic heterocycles. The van der Waals surface area contributed by atoms with Crippen LogP contribution in [0.5, 0.6) is 11.5 Å². The zero-order chi connectivity index (χ0) is 20.8. The van der Waals surface area contributed by atoms with E-state index in [1.807, 2.05) is 12.1 Å². The minimum atomic E-state index is -1.16. The van der Waals surface area contributed by atoms with E-state index in [9.17, 15) is 9.90 Å². The van der Waals surface area contributed by atoms with Crippen LogP contribution in [0.25, 0.3) is 0 Å². The van der Waals surface area contributed by atoms with E-state index in [0.717, 1.165) is 17.5 Å². The Hall–Kier alpha value is -3.26. The van der Waals surface area contributed by atoms with Crippen molar-refractivity contribution in [2.75, 3.05) is 19.8 Å². The summed E-state index contributed by atoms with van der Waals surface area (Å²) in [6.07, 6.45) is 0.143. The zero-order valence-electron chi connectivity index (χ0n) is 16.0. The number of carboxylic acid groups (broad SMARTS) is 1. The highest BCUT2D eigenvalue weighted by atomic mass is 16.5. The van der Waals surface area contributed by atoms with Crippen molar-refractivity contribution in [1.29, 1.82) is 5.41 Å². The molecule has 1 unspecified atom stereocenters.